The maximum atomic E-state index is 12.4. The molecule has 7 heteroatoms. The van der Waals surface area contributed by atoms with Crippen molar-refractivity contribution in [1.29, 1.82) is 0 Å². The Labute approximate surface area is 157 Å². The average molecular weight is 364 g/mol. The van der Waals surface area contributed by atoms with Gasteiger partial charge in [-0.15, -0.1) is 0 Å². The standard InChI is InChI=1S/C20H20N4O3/c1-2-27-19(25)17-13-21-24(14-15-9-5-3-6-10-15)18(17)23-20(26)22-16-11-7-4-8-12-16/h3-13H,2,14H2,1H3,(H2,22,23,26). The summed E-state index contributed by atoms with van der Waals surface area (Å²) in [6.07, 6.45) is 1.40. The summed E-state index contributed by atoms with van der Waals surface area (Å²) >= 11 is 0. The SMILES string of the molecule is CCOC(=O)c1cnn(Cc2ccccc2)c1NC(=O)Nc1ccccc1. The molecule has 0 aliphatic carbocycles. The smallest absolute Gasteiger partial charge is 0.343 e. The van der Waals surface area contributed by atoms with E-state index in [1.165, 1.54) is 6.20 Å². The number of hydrogen-bond donors (Lipinski definition) is 2. The fourth-order valence-corrected chi connectivity index (χ4v) is 2.54. The Morgan fingerprint density at radius 3 is 2.33 bits per heavy atom. The van der Waals surface area contributed by atoms with Crippen LogP contribution in [0.15, 0.2) is 66.9 Å². The molecule has 0 saturated carbocycles. The monoisotopic (exact) mass is 364 g/mol. The lowest BCUT2D eigenvalue weighted by Gasteiger charge is -2.12. The number of carbonyl (C=O) groups is 2. The molecular weight excluding hydrogens is 344 g/mol. The van der Waals surface area contributed by atoms with E-state index in [0.29, 0.717) is 12.2 Å². The number of hydrogen-bond acceptors (Lipinski definition) is 4. The van der Waals surface area contributed by atoms with E-state index in [1.54, 1.807) is 23.7 Å². The number of urea groups is 1. The second-order valence-electron chi connectivity index (χ2n) is 5.72. The van der Waals surface area contributed by atoms with Crippen molar-refractivity contribution in [2.45, 2.75) is 13.5 Å². The molecule has 0 spiro atoms. The number of rotatable bonds is 6. The fourth-order valence-electron chi connectivity index (χ4n) is 2.54. The summed E-state index contributed by atoms with van der Waals surface area (Å²) in [6, 6.07) is 18.2. The van der Waals surface area contributed by atoms with Crippen LogP contribution in [0.4, 0.5) is 16.3 Å². The Kier molecular flexibility index (Phi) is 5.84. The summed E-state index contributed by atoms with van der Waals surface area (Å²) < 4.78 is 6.63. The Balaban J connectivity index is 1.84. The van der Waals surface area contributed by atoms with Gasteiger partial charge in [-0.1, -0.05) is 48.5 Å². The molecule has 2 N–H and O–H groups in total. The van der Waals surface area contributed by atoms with Crippen molar-refractivity contribution in [2.24, 2.45) is 0 Å². The number of nitrogens with zero attached hydrogens (tertiary/aromatic N) is 2. The molecule has 0 aliphatic heterocycles. The van der Waals surface area contributed by atoms with Crippen molar-refractivity contribution in [3.05, 3.63) is 78.0 Å². The average Bonchev–Trinajstić information content (AvgIpc) is 3.06. The molecule has 0 bridgehead atoms. The molecule has 0 fully saturated rings. The van der Waals surface area contributed by atoms with Crippen LogP contribution in [-0.2, 0) is 11.3 Å². The van der Waals surface area contributed by atoms with Crippen LogP contribution in [0, 0.1) is 0 Å². The second kappa shape index (κ2) is 8.66. The van der Waals surface area contributed by atoms with Crippen LogP contribution in [0.3, 0.4) is 0 Å². The van der Waals surface area contributed by atoms with Gasteiger partial charge in [-0.25, -0.2) is 14.3 Å². The van der Waals surface area contributed by atoms with Gasteiger partial charge in [0.2, 0.25) is 0 Å². The number of aromatic nitrogens is 2. The van der Waals surface area contributed by atoms with E-state index >= 15 is 0 Å². The zero-order valence-electron chi connectivity index (χ0n) is 14.9. The molecule has 0 aliphatic rings. The number of para-hydroxylation sites is 1. The number of ether oxygens (including phenoxy) is 1. The molecule has 27 heavy (non-hydrogen) atoms. The molecule has 138 valence electrons. The minimum Gasteiger partial charge on any atom is -0.462 e. The maximum absolute atomic E-state index is 12.4. The third-order valence-electron chi connectivity index (χ3n) is 3.77. The molecule has 7 nitrogen and oxygen atoms in total. The summed E-state index contributed by atoms with van der Waals surface area (Å²) in [7, 11) is 0. The Hall–Kier alpha value is -3.61. The van der Waals surface area contributed by atoms with E-state index in [-0.39, 0.29) is 18.0 Å². The number of carbonyl (C=O) groups excluding carboxylic acids is 2. The predicted molar refractivity (Wildman–Crippen MR) is 103 cm³/mol. The van der Waals surface area contributed by atoms with Gasteiger partial charge in [0.05, 0.1) is 19.3 Å². The number of benzene rings is 2. The van der Waals surface area contributed by atoms with Crippen molar-refractivity contribution in [2.75, 3.05) is 17.2 Å². The van der Waals surface area contributed by atoms with Crippen molar-refractivity contribution in [3.63, 3.8) is 0 Å². The molecule has 1 aromatic heterocycles. The number of anilines is 2. The van der Waals surface area contributed by atoms with Crippen LogP contribution in [0.5, 0.6) is 0 Å². The molecule has 2 aromatic carbocycles. The molecule has 0 saturated heterocycles. The minimum atomic E-state index is -0.535. The van der Waals surface area contributed by atoms with E-state index in [9.17, 15) is 9.59 Å². The first-order valence-electron chi connectivity index (χ1n) is 8.57. The van der Waals surface area contributed by atoms with Crippen LogP contribution in [0.1, 0.15) is 22.8 Å². The van der Waals surface area contributed by atoms with Gasteiger partial charge in [-0.3, -0.25) is 5.32 Å². The highest BCUT2D eigenvalue weighted by molar-refractivity contribution is 6.04. The maximum Gasteiger partial charge on any atom is 0.343 e. The van der Waals surface area contributed by atoms with Crippen molar-refractivity contribution in [1.82, 2.24) is 9.78 Å². The van der Waals surface area contributed by atoms with Crippen molar-refractivity contribution >= 4 is 23.5 Å². The number of esters is 1. The second-order valence-corrected chi connectivity index (χ2v) is 5.72. The molecular formula is C20H20N4O3. The first-order chi connectivity index (χ1) is 13.2. The van der Waals surface area contributed by atoms with Crippen LogP contribution in [0.25, 0.3) is 0 Å². The summed E-state index contributed by atoms with van der Waals surface area (Å²) in [4.78, 5) is 24.6. The Bertz CT molecular complexity index is 907. The molecule has 0 atom stereocenters. The van der Waals surface area contributed by atoms with Gasteiger partial charge in [0.15, 0.2) is 0 Å². The highest BCUT2D eigenvalue weighted by atomic mass is 16.5. The van der Waals surface area contributed by atoms with E-state index < -0.39 is 12.0 Å². The quantitative estimate of drug-likeness (QED) is 0.652. The minimum absolute atomic E-state index is 0.205. The topological polar surface area (TPSA) is 85.2 Å². The third kappa shape index (κ3) is 4.72. The van der Waals surface area contributed by atoms with Crippen molar-refractivity contribution in [3.8, 4) is 0 Å². The van der Waals surface area contributed by atoms with Gasteiger partial charge in [0.25, 0.3) is 0 Å². The van der Waals surface area contributed by atoms with E-state index in [2.05, 4.69) is 15.7 Å². The molecule has 3 aromatic rings. The lowest BCUT2D eigenvalue weighted by molar-refractivity contribution is 0.0527. The first-order valence-corrected chi connectivity index (χ1v) is 8.57. The number of nitrogens with one attached hydrogen (secondary N) is 2. The lowest BCUT2D eigenvalue weighted by atomic mass is 10.2. The van der Waals surface area contributed by atoms with Gasteiger partial charge in [0.1, 0.15) is 11.4 Å². The lowest BCUT2D eigenvalue weighted by Crippen LogP contribution is -2.23. The highest BCUT2D eigenvalue weighted by Gasteiger charge is 2.20. The molecule has 3 rings (SSSR count). The van der Waals surface area contributed by atoms with E-state index in [4.69, 9.17) is 4.74 Å². The summed E-state index contributed by atoms with van der Waals surface area (Å²) in [5, 5.41) is 9.69. The summed E-state index contributed by atoms with van der Waals surface area (Å²) in [5.41, 5.74) is 1.83. The molecule has 0 unspecified atom stereocenters. The van der Waals surface area contributed by atoms with Gasteiger partial charge in [-0.2, -0.15) is 5.10 Å². The van der Waals surface area contributed by atoms with Gasteiger partial charge >= 0.3 is 12.0 Å². The number of amides is 2. The predicted octanol–water partition coefficient (Wildman–Crippen LogP) is 3.75. The van der Waals surface area contributed by atoms with Crippen LogP contribution in [0.2, 0.25) is 0 Å². The van der Waals surface area contributed by atoms with Crippen LogP contribution in [-0.4, -0.2) is 28.4 Å². The largest absolute Gasteiger partial charge is 0.462 e. The van der Waals surface area contributed by atoms with Crippen LogP contribution >= 0.6 is 0 Å². The Morgan fingerprint density at radius 1 is 1.00 bits per heavy atom. The fraction of sp³-hybridized carbons (Fsp3) is 0.150. The highest BCUT2D eigenvalue weighted by Crippen LogP contribution is 2.19. The van der Waals surface area contributed by atoms with Gasteiger partial charge < -0.3 is 10.1 Å². The molecule has 0 radical (unpaired) electrons. The normalized spacial score (nSPS) is 10.3. The zero-order chi connectivity index (χ0) is 19.1. The summed E-state index contributed by atoms with van der Waals surface area (Å²) in [6.45, 7) is 2.36. The zero-order valence-corrected chi connectivity index (χ0v) is 14.9. The van der Waals surface area contributed by atoms with E-state index in [1.807, 2.05) is 48.5 Å². The third-order valence-corrected chi connectivity index (χ3v) is 3.77. The molecule has 2 amide bonds. The molecule has 1 heterocycles. The van der Waals surface area contributed by atoms with E-state index in [0.717, 1.165) is 5.56 Å². The Morgan fingerprint density at radius 2 is 1.67 bits per heavy atom. The van der Waals surface area contributed by atoms with Crippen LogP contribution < -0.4 is 10.6 Å². The first kappa shape index (κ1) is 18.2. The van der Waals surface area contributed by atoms with Gasteiger partial charge in [-0.05, 0) is 24.6 Å². The van der Waals surface area contributed by atoms with Gasteiger partial charge in [0, 0.05) is 5.69 Å². The summed E-state index contributed by atoms with van der Waals surface area (Å²) in [5.74, 6) is -0.252. The van der Waals surface area contributed by atoms with Crippen molar-refractivity contribution < 1.29 is 14.3 Å².